The minimum Gasteiger partial charge on any atom is -0.472 e. The number of fused-ring (bicyclic) bond motifs is 3. The van der Waals surface area contributed by atoms with E-state index >= 15 is 0 Å². The molecule has 2 saturated heterocycles. The Kier molecular flexibility index (Phi) is 5.50. The van der Waals surface area contributed by atoms with E-state index in [1.165, 1.54) is 0 Å². The molecule has 11 atom stereocenters. The Morgan fingerprint density at radius 3 is 2.56 bits per heavy atom. The molecule has 5 aliphatic rings. The van der Waals surface area contributed by atoms with Gasteiger partial charge in [0.05, 0.1) is 30.7 Å². The van der Waals surface area contributed by atoms with Gasteiger partial charge in [0.15, 0.2) is 12.1 Å². The molecular formula is C31H36O8. The van der Waals surface area contributed by atoms with Crippen molar-refractivity contribution >= 4 is 18.0 Å². The highest BCUT2D eigenvalue weighted by Crippen LogP contribution is 2.75. The summed E-state index contributed by atoms with van der Waals surface area (Å²) in [5, 5.41) is 11.8. The third-order valence-electron chi connectivity index (χ3n) is 11.1. The Morgan fingerprint density at radius 1 is 1.18 bits per heavy atom. The number of allylic oxidation sites excluding steroid dienone is 3. The summed E-state index contributed by atoms with van der Waals surface area (Å²) in [4.78, 5) is 40.4. The van der Waals surface area contributed by atoms with Crippen LogP contribution in [0.4, 0.5) is 0 Å². The van der Waals surface area contributed by atoms with Gasteiger partial charge in [0.2, 0.25) is 0 Å². The van der Waals surface area contributed by atoms with Gasteiger partial charge in [0.1, 0.15) is 18.0 Å². The van der Waals surface area contributed by atoms with Crippen LogP contribution in [0.3, 0.4) is 0 Å². The molecule has 1 spiro atoms. The van der Waals surface area contributed by atoms with Gasteiger partial charge >= 0.3 is 5.97 Å². The average molecular weight is 537 g/mol. The minimum absolute atomic E-state index is 0.132. The maximum Gasteiger partial charge on any atom is 0.333 e. The molecule has 3 aliphatic carbocycles. The zero-order valence-electron chi connectivity index (χ0n) is 23.2. The number of aldehydes is 1. The molecule has 1 saturated carbocycles. The van der Waals surface area contributed by atoms with E-state index in [0.717, 1.165) is 11.8 Å². The third-order valence-corrected chi connectivity index (χ3v) is 11.1. The number of furan rings is 1. The van der Waals surface area contributed by atoms with Crippen LogP contribution in [0.2, 0.25) is 0 Å². The molecule has 8 nitrogen and oxygen atoms in total. The van der Waals surface area contributed by atoms with E-state index in [1.807, 2.05) is 39.0 Å². The number of ketones is 1. The summed E-state index contributed by atoms with van der Waals surface area (Å²) in [5.41, 5.74) is -4.31. The number of aliphatic hydroxyl groups excluding tert-OH is 1. The summed E-state index contributed by atoms with van der Waals surface area (Å²) in [6.07, 6.45) is 9.89. The van der Waals surface area contributed by atoms with Gasteiger partial charge in [-0.3, -0.25) is 4.79 Å². The molecular weight excluding hydrogens is 500 g/mol. The lowest BCUT2D eigenvalue weighted by molar-refractivity contribution is -0.228. The fraction of sp³-hybridized carbons (Fsp3) is 0.581. The molecule has 39 heavy (non-hydrogen) atoms. The zero-order chi connectivity index (χ0) is 28.2. The van der Waals surface area contributed by atoms with E-state index in [4.69, 9.17) is 18.6 Å². The Morgan fingerprint density at radius 2 is 1.92 bits per heavy atom. The van der Waals surface area contributed by atoms with E-state index in [9.17, 15) is 19.5 Å². The second-order valence-electron chi connectivity index (χ2n) is 12.8. The van der Waals surface area contributed by atoms with Crippen molar-refractivity contribution < 1.29 is 38.1 Å². The van der Waals surface area contributed by atoms with Crippen LogP contribution in [0.15, 0.2) is 59.0 Å². The summed E-state index contributed by atoms with van der Waals surface area (Å²) in [6, 6.07) is 1.80. The van der Waals surface area contributed by atoms with Crippen molar-refractivity contribution in [3.63, 3.8) is 0 Å². The first kappa shape index (κ1) is 26.4. The number of aliphatic hydroxyl groups is 1. The van der Waals surface area contributed by atoms with Crippen molar-refractivity contribution in [2.75, 3.05) is 6.61 Å². The predicted molar refractivity (Wildman–Crippen MR) is 139 cm³/mol. The van der Waals surface area contributed by atoms with Crippen molar-refractivity contribution in [1.29, 1.82) is 0 Å². The van der Waals surface area contributed by atoms with Crippen molar-refractivity contribution in [1.82, 2.24) is 0 Å². The highest BCUT2D eigenvalue weighted by atomic mass is 16.6. The Balaban J connectivity index is 1.61. The van der Waals surface area contributed by atoms with Crippen molar-refractivity contribution in [2.45, 2.75) is 71.6 Å². The van der Waals surface area contributed by atoms with Crippen molar-refractivity contribution in [3.8, 4) is 0 Å². The second-order valence-corrected chi connectivity index (χ2v) is 12.8. The lowest BCUT2D eigenvalue weighted by atomic mass is 9.39. The lowest BCUT2D eigenvalue weighted by Gasteiger charge is -2.62. The average Bonchev–Trinajstić information content (AvgIpc) is 3.66. The first-order chi connectivity index (χ1) is 18.4. The molecule has 1 aromatic rings. The van der Waals surface area contributed by atoms with Crippen LogP contribution in [0, 0.1) is 33.5 Å². The lowest BCUT2D eigenvalue weighted by Crippen LogP contribution is -2.72. The molecule has 8 heteroatoms. The van der Waals surface area contributed by atoms with Crippen LogP contribution in [0.5, 0.6) is 0 Å². The van der Waals surface area contributed by atoms with Crippen LogP contribution in [-0.2, 0) is 28.6 Å². The Bertz CT molecular complexity index is 1330. The molecule has 0 radical (unpaired) electrons. The number of esters is 1. The van der Waals surface area contributed by atoms with Crippen LogP contribution in [0.25, 0.3) is 0 Å². The van der Waals surface area contributed by atoms with Gasteiger partial charge < -0.3 is 28.5 Å². The molecule has 0 unspecified atom stereocenters. The maximum absolute atomic E-state index is 13.9. The number of hydrogen-bond acceptors (Lipinski definition) is 8. The van der Waals surface area contributed by atoms with E-state index in [1.54, 1.807) is 51.5 Å². The number of hydrogen-bond donors (Lipinski definition) is 1. The Hall–Kier alpha value is -2.81. The molecule has 3 heterocycles. The molecule has 0 bridgehead atoms. The number of carbonyl (C=O) groups excluding carboxylic acids is 3. The van der Waals surface area contributed by atoms with Crippen LogP contribution in [-0.4, -0.2) is 53.9 Å². The molecule has 1 N–H and O–H groups in total. The van der Waals surface area contributed by atoms with Crippen LogP contribution < -0.4 is 0 Å². The summed E-state index contributed by atoms with van der Waals surface area (Å²) in [7, 11) is 0. The standard InChI is InChI=1S/C31H36O8/c1-7-17(2)25(34)38-24-21-22-27(3,16-37-21)11-9-20(33)29(22,5)23-26(35)39-31(30(23,24)6)12-8-19(28(31,4)15-32)18-10-13-36-14-18/h7-15,19,21-24,26,35H,16H2,1-6H3/t19-,21+,22-,23-,24+,26-,27-,28-,29-,30-,31+/m0/s1. The van der Waals surface area contributed by atoms with Crippen LogP contribution >= 0.6 is 0 Å². The largest absolute Gasteiger partial charge is 0.472 e. The van der Waals surface area contributed by atoms with Gasteiger partial charge in [-0.05, 0) is 38.5 Å². The third kappa shape index (κ3) is 2.87. The normalized spacial score (nSPS) is 49.8. The van der Waals surface area contributed by atoms with Gasteiger partial charge in [-0.1, -0.05) is 45.1 Å². The fourth-order valence-corrected chi connectivity index (χ4v) is 9.14. The summed E-state index contributed by atoms with van der Waals surface area (Å²) in [5.74, 6) is -2.27. The Labute approximate surface area is 228 Å². The monoisotopic (exact) mass is 536 g/mol. The maximum atomic E-state index is 13.9. The van der Waals surface area contributed by atoms with Gasteiger partial charge in [0.25, 0.3) is 0 Å². The second kappa shape index (κ2) is 8.12. The van der Waals surface area contributed by atoms with Gasteiger partial charge in [-0.25, -0.2) is 4.79 Å². The molecule has 0 amide bonds. The summed E-state index contributed by atoms with van der Waals surface area (Å²) in [6.45, 7) is 11.4. The van der Waals surface area contributed by atoms with Crippen LogP contribution in [0.1, 0.15) is 53.0 Å². The number of carbonyl (C=O) groups is 3. The number of ether oxygens (including phenoxy) is 3. The molecule has 2 aliphatic heterocycles. The highest BCUT2D eigenvalue weighted by molar-refractivity contribution is 5.97. The molecule has 0 aromatic carbocycles. The molecule has 208 valence electrons. The first-order valence-corrected chi connectivity index (χ1v) is 13.6. The summed E-state index contributed by atoms with van der Waals surface area (Å²) >= 11 is 0. The van der Waals surface area contributed by atoms with E-state index in [0.29, 0.717) is 12.2 Å². The number of rotatable bonds is 4. The topological polar surface area (TPSA) is 112 Å². The van der Waals surface area contributed by atoms with Gasteiger partial charge in [-0.2, -0.15) is 0 Å². The quantitative estimate of drug-likeness (QED) is 0.267. The predicted octanol–water partition coefficient (Wildman–Crippen LogP) is 3.91. The van der Waals surface area contributed by atoms with E-state index in [-0.39, 0.29) is 11.7 Å². The minimum atomic E-state index is -1.43. The summed E-state index contributed by atoms with van der Waals surface area (Å²) < 4.78 is 24.7. The zero-order valence-corrected chi connectivity index (χ0v) is 23.2. The van der Waals surface area contributed by atoms with Crippen molar-refractivity contribution in [2.24, 2.45) is 33.5 Å². The van der Waals surface area contributed by atoms with E-state index < -0.39 is 63.6 Å². The van der Waals surface area contributed by atoms with Gasteiger partial charge in [-0.15, -0.1) is 0 Å². The highest BCUT2D eigenvalue weighted by Gasteiger charge is 2.84. The van der Waals surface area contributed by atoms with Crippen molar-refractivity contribution in [3.05, 3.63) is 60.1 Å². The van der Waals surface area contributed by atoms with E-state index in [2.05, 4.69) is 0 Å². The van der Waals surface area contributed by atoms with Gasteiger partial charge in [0, 0.05) is 39.6 Å². The SMILES string of the molecule is CC=C(C)C(=O)O[C@@H]1[C@@H]2OC[C@]3(C)C=CC(=O)[C@@](C)([C@@H]23)[C@@H]2[C@@H](O)O[C@@]3(C=C[C@@H](c4ccoc4)[C@]3(C)C=O)[C@]12C. The first-order valence-electron chi connectivity index (χ1n) is 13.6. The molecule has 1 aromatic heterocycles. The molecule has 3 fully saturated rings. The smallest absolute Gasteiger partial charge is 0.333 e. The fourth-order valence-electron chi connectivity index (χ4n) is 9.14. The molecule has 6 rings (SSSR count).